The number of carboxylic acid groups (broad SMARTS) is 1. The van der Waals surface area contributed by atoms with Crippen LogP contribution in [0.25, 0.3) is 11.0 Å². The quantitative estimate of drug-likeness (QED) is 0.0494. The first-order valence-corrected chi connectivity index (χ1v) is 16.2. The van der Waals surface area contributed by atoms with Crippen molar-refractivity contribution in [3.05, 3.63) is 69.2 Å². The summed E-state index contributed by atoms with van der Waals surface area (Å²) in [5.41, 5.74) is -4.09. The van der Waals surface area contributed by atoms with E-state index >= 15 is 0 Å². The highest BCUT2D eigenvalue weighted by Gasteiger charge is 2.67. The summed E-state index contributed by atoms with van der Waals surface area (Å²) in [6.45, 7) is 0. The highest BCUT2D eigenvalue weighted by Crippen LogP contribution is 2.47. The molecule has 1 saturated heterocycles. The number of carbonyl (C=O) groups is 4. The van der Waals surface area contributed by atoms with Crippen molar-refractivity contribution in [2.75, 3.05) is 18.6 Å². The van der Waals surface area contributed by atoms with Crippen molar-refractivity contribution < 1.29 is 53.9 Å². The lowest BCUT2D eigenvalue weighted by Crippen LogP contribution is -2.81. The van der Waals surface area contributed by atoms with Crippen LogP contribution in [0.1, 0.15) is 22.0 Å². The van der Waals surface area contributed by atoms with Crippen LogP contribution in [-0.2, 0) is 26.2 Å². The Morgan fingerprint density at radius 3 is 2.52 bits per heavy atom. The van der Waals surface area contributed by atoms with Gasteiger partial charge in [-0.2, -0.15) is 0 Å². The van der Waals surface area contributed by atoms with Crippen molar-refractivity contribution in [3.8, 4) is 23.0 Å². The number of aromatic nitrogens is 4. The minimum atomic E-state index is -2.08. The van der Waals surface area contributed by atoms with Crippen molar-refractivity contribution in [1.82, 2.24) is 35.7 Å². The number of nitrogens with one attached hydrogen (secondary N) is 2. The molecule has 0 aliphatic carbocycles. The first-order chi connectivity index (χ1) is 23.8. The van der Waals surface area contributed by atoms with E-state index in [0.29, 0.717) is 17.0 Å². The first-order valence-electron chi connectivity index (χ1n) is 14.2. The number of hydrogen-bond donors (Lipinski definition) is 7. The van der Waals surface area contributed by atoms with Crippen LogP contribution in [0.15, 0.2) is 62.2 Å². The number of methoxy groups -OCH3 is 1. The number of hydrogen-bond acceptors (Lipinski definition) is 16. The number of amides is 3. The third-order valence-corrected chi connectivity index (χ3v) is 10.4. The molecule has 2 aromatic heterocycles. The number of thioether (sulfide) groups is 2. The van der Waals surface area contributed by atoms with Crippen LogP contribution in [0, 0.1) is 0 Å². The molecule has 1 unspecified atom stereocenters. The monoisotopic (exact) mass is 727 g/mol. The fraction of sp³-hybridized carbons (Fsp3) is 0.241. The number of carbonyl (C=O) groups excluding carboxylic acids is 3. The number of benzene rings is 2. The number of fused-ring (bicyclic) bond motifs is 2. The van der Waals surface area contributed by atoms with Crippen molar-refractivity contribution >= 4 is 58.2 Å². The number of rotatable bonds is 10. The number of aliphatic carboxylic acids is 1. The summed E-state index contributed by atoms with van der Waals surface area (Å²) in [7, 11) is 2.76. The lowest BCUT2D eigenvalue weighted by atomic mass is 9.96. The second-order valence-electron chi connectivity index (χ2n) is 10.8. The van der Waals surface area contributed by atoms with Gasteiger partial charge in [-0.15, -0.1) is 16.9 Å². The maximum absolute atomic E-state index is 14.0. The molecular formula is C29H25N7O12S2. The number of carboxylic acids is 1. The summed E-state index contributed by atoms with van der Waals surface area (Å²) in [4.78, 5) is 67.7. The molecule has 260 valence electrons. The van der Waals surface area contributed by atoms with Crippen molar-refractivity contribution in [2.45, 2.75) is 22.3 Å². The SMILES string of the molecule is CO[C@@]1(NC(=O)C(NC(=O)c2coc3c(O)c(O)c(O)cc3c2=O)c2ccc(O)cc2)C(=O)N2C(C(=O)O)=C(CSc3nnnn3C)CS[C@H]21. The molecule has 19 nitrogen and oxygen atoms in total. The molecule has 3 amide bonds. The van der Waals surface area contributed by atoms with E-state index in [0.717, 1.165) is 29.8 Å². The Morgan fingerprint density at radius 2 is 1.88 bits per heavy atom. The van der Waals surface area contributed by atoms with Crippen molar-refractivity contribution in [2.24, 2.45) is 7.05 Å². The van der Waals surface area contributed by atoms with Crippen LogP contribution in [0.4, 0.5) is 0 Å². The molecule has 50 heavy (non-hydrogen) atoms. The second-order valence-corrected chi connectivity index (χ2v) is 12.9. The molecule has 4 aromatic rings. The summed E-state index contributed by atoms with van der Waals surface area (Å²) >= 11 is 2.29. The Morgan fingerprint density at radius 1 is 1.16 bits per heavy atom. The molecule has 1 fully saturated rings. The van der Waals surface area contributed by atoms with Gasteiger partial charge in [0.05, 0.1) is 5.39 Å². The van der Waals surface area contributed by atoms with Crippen molar-refractivity contribution in [1.29, 1.82) is 0 Å². The highest BCUT2D eigenvalue weighted by molar-refractivity contribution is 8.01. The molecule has 2 aliphatic rings. The zero-order valence-corrected chi connectivity index (χ0v) is 27.3. The molecule has 0 saturated carbocycles. The first kappa shape index (κ1) is 34.1. The molecule has 6 rings (SSSR count). The summed E-state index contributed by atoms with van der Waals surface area (Å²) in [6.07, 6.45) is 0.682. The van der Waals surface area contributed by atoms with E-state index in [1.54, 1.807) is 7.05 Å². The van der Waals surface area contributed by atoms with Gasteiger partial charge >= 0.3 is 5.97 Å². The van der Waals surface area contributed by atoms with E-state index < -0.39 is 80.0 Å². The van der Waals surface area contributed by atoms with Gasteiger partial charge in [-0.3, -0.25) is 24.1 Å². The zero-order valence-electron chi connectivity index (χ0n) is 25.7. The number of phenols is 4. The average molecular weight is 728 g/mol. The molecule has 0 spiro atoms. The fourth-order valence-electron chi connectivity index (χ4n) is 5.37. The predicted octanol–water partition coefficient (Wildman–Crippen LogP) is 0.115. The molecule has 3 atom stereocenters. The van der Waals surface area contributed by atoms with Crippen LogP contribution < -0.4 is 16.1 Å². The Hall–Kier alpha value is -5.80. The minimum absolute atomic E-state index is 0.0916. The van der Waals surface area contributed by atoms with Gasteiger partial charge in [-0.05, 0) is 39.8 Å². The number of ether oxygens (including phenoxy) is 1. The van der Waals surface area contributed by atoms with Gasteiger partial charge in [0, 0.05) is 25.7 Å². The third kappa shape index (κ3) is 5.59. The topological polar surface area (TPSA) is 280 Å². The summed E-state index contributed by atoms with van der Waals surface area (Å²) in [6, 6.07) is 4.20. The number of aromatic hydroxyl groups is 4. The Kier molecular flexibility index (Phi) is 8.80. The number of tetrazole rings is 1. The van der Waals surface area contributed by atoms with Crippen LogP contribution in [0.3, 0.4) is 0 Å². The lowest BCUT2D eigenvalue weighted by molar-refractivity contribution is -0.192. The van der Waals surface area contributed by atoms with Gasteiger partial charge in [0.25, 0.3) is 17.5 Å². The molecular weight excluding hydrogens is 702 g/mol. The third-order valence-electron chi connectivity index (χ3n) is 7.90. The molecule has 0 radical (unpaired) electrons. The fourth-order valence-corrected chi connectivity index (χ4v) is 7.80. The van der Waals surface area contributed by atoms with Crippen molar-refractivity contribution in [3.63, 3.8) is 0 Å². The lowest BCUT2D eigenvalue weighted by Gasteiger charge is -2.56. The summed E-state index contributed by atoms with van der Waals surface area (Å²) in [5, 5.41) is 64.6. The van der Waals surface area contributed by atoms with Crippen LogP contribution in [-0.4, -0.2) is 104 Å². The number of nitrogens with zero attached hydrogens (tertiary/aromatic N) is 5. The minimum Gasteiger partial charge on any atom is -0.508 e. The molecule has 4 heterocycles. The zero-order chi connectivity index (χ0) is 36.1. The van der Waals surface area contributed by atoms with Gasteiger partial charge in [0.2, 0.25) is 28.0 Å². The van der Waals surface area contributed by atoms with E-state index in [4.69, 9.17) is 9.15 Å². The predicted molar refractivity (Wildman–Crippen MR) is 171 cm³/mol. The van der Waals surface area contributed by atoms with Gasteiger partial charge in [0.15, 0.2) is 11.3 Å². The number of aryl methyl sites for hydroxylation is 1. The Balaban J connectivity index is 1.29. The number of β-lactam (4-membered cyclic amide) rings is 1. The van der Waals surface area contributed by atoms with E-state index in [2.05, 4.69) is 26.2 Å². The maximum Gasteiger partial charge on any atom is 0.352 e. The van der Waals surface area contributed by atoms with E-state index in [1.807, 2.05) is 0 Å². The van der Waals surface area contributed by atoms with E-state index in [-0.39, 0.29) is 28.5 Å². The van der Waals surface area contributed by atoms with Crippen LogP contribution >= 0.6 is 23.5 Å². The smallest absolute Gasteiger partial charge is 0.352 e. The second kappa shape index (κ2) is 12.9. The normalized spacial score (nSPS) is 19.1. The van der Waals surface area contributed by atoms with Crippen LogP contribution in [0.2, 0.25) is 0 Å². The van der Waals surface area contributed by atoms with Crippen LogP contribution in [0.5, 0.6) is 23.0 Å². The average Bonchev–Trinajstić information content (AvgIpc) is 3.51. The van der Waals surface area contributed by atoms with Gasteiger partial charge in [0.1, 0.15) is 34.7 Å². The molecule has 2 aromatic carbocycles. The van der Waals surface area contributed by atoms with Gasteiger partial charge in [-0.1, -0.05) is 23.9 Å². The summed E-state index contributed by atoms with van der Waals surface area (Å²) < 4.78 is 12.1. The van der Waals surface area contributed by atoms with Gasteiger partial charge < -0.3 is 45.3 Å². The van der Waals surface area contributed by atoms with E-state index in [9.17, 15) is 49.5 Å². The standard InChI is InChI=1S/C29H25N7O12S2/c1-35-28(32-33-34-35)50-10-12-9-49-27-29(47-2,26(46)36(27)18(12)25(44)45)31-24(43)17(11-3-5-13(37)6-4-11)30-23(42)15-8-48-22-14(19(15)39)7-16(38)20(40)21(22)41/h3-8,17,27,37-38,40-41H,9-10H2,1-2H3,(H,30,42)(H,31,43)(H,44,45)/t17?,27-,29-/m0/s1. The Bertz CT molecular complexity index is 2170. The largest absolute Gasteiger partial charge is 0.508 e. The molecule has 21 heteroatoms. The highest BCUT2D eigenvalue weighted by atomic mass is 32.2. The molecule has 7 N–H and O–H groups in total. The molecule has 2 aliphatic heterocycles. The summed E-state index contributed by atoms with van der Waals surface area (Å²) in [5.74, 6) is -7.10. The molecule has 0 bridgehead atoms. The number of phenolic OH excluding ortho intramolecular Hbond substituents is 4. The van der Waals surface area contributed by atoms with Gasteiger partial charge in [-0.25, -0.2) is 9.48 Å². The van der Waals surface area contributed by atoms with E-state index in [1.165, 1.54) is 40.7 Å². The Labute approximate surface area is 287 Å². The maximum atomic E-state index is 14.0.